The maximum absolute atomic E-state index is 12.6. The van der Waals surface area contributed by atoms with Crippen LogP contribution in [0.2, 0.25) is 0 Å². The number of carbonyl (C=O) groups excluding carboxylic acids is 2. The molecule has 0 aliphatic heterocycles. The van der Waals surface area contributed by atoms with E-state index in [4.69, 9.17) is 18.9 Å². The number of hydrogen-bond donors (Lipinski definition) is 0. The fourth-order valence-electron chi connectivity index (χ4n) is 3.83. The van der Waals surface area contributed by atoms with E-state index in [2.05, 4.69) is 13.8 Å². The molecule has 0 bridgehead atoms. The first-order chi connectivity index (χ1) is 18.4. The first kappa shape index (κ1) is 31.2. The minimum Gasteiger partial charge on any atom is -0.494 e. The lowest BCUT2D eigenvalue weighted by molar-refractivity contribution is -0.0239. The molecule has 210 valence electrons. The van der Waals surface area contributed by atoms with E-state index >= 15 is 0 Å². The third-order valence-corrected chi connectivity index (χ3v) is 6.46. The molecule has 0 N–H and O–H groups in total. The van der Waals surface area contributed by atoms with Gasteiger partial charge in [0.15, 0.2) is 0 Å². The zero-order valence-electron chi connectivity index (χ0n) is 23.7. The van der Waals surface area contributed by atoms with Gasteiger partial charge in [0.1, 0.15) is 23.7 Å². The maximum Gasteiger partial charge on any atom is 0.338 e. The molecule has 2 rings (SSSR count). The summed E-state index contributed by atoms with van der Waals surface area (Å²) >= 11 is 0. The van der Waals surface area contributed by atoms with Crippen LogP contribution in [0.5, 0.6) is 11.5 Å². The van der Waals surface area contributed by atoms with Gasteiger partial charge in [0.25, 0.3) is 0 Å². The largest absolute Gasteiger partial charge is 0.494 e. The van der Waals surface area contributed by atoms with Crippen molar-refractivity contribution in [3.8, 4) is 11.5 Å². The van der Waals surface area contributed by atoms with Crippen LogP contribution in [-0.4, -0.2) is 37.4 Å². The van der Waals surface area contributed by atoms with Gasteiger partial charge in [0, 0.05) is 0 Å². The van der Waals surface area contributed by atoms with Crippen LogP contribution >= 0.6 is 0 Å². The lowest BCUT2D eigenvalue weighted by Gasteiger charge is -2.21. The maximum atomic E-state index is 12.6. The molecule has 2 aromatic carbocycles. The van der Waals surface area contributed by atoms with Crippen LogP contribution < -0.4 is 9.47 Å². The summed E-state index contributed by atoms with van der Waals surface area (Å²) in [5.74, 6) is 0.525. The molecule has 0 radical (unpaired) electrons. The Labute approximate surface area is 229 Å². The van der Waals surface area contributed by atoms with Crippen LogP contribution in [-0.2, 0) is 9.47 Å². The summed E-state index contributed by atoms with van der Waals surface area (Å²) in [6, 6.07) is 13.8. The second-order valence-electron chi connectivity index (χ2n) is 9.79. The smallest absolute Gasteiger partial charge is 0.338 e. The average Bonchev–Trinajstić information content (AvgIpc) is 2.93. The molecular formula is C32H46O6. The molecule has 0 amide bonds. The predicted molar refractivity (Wildman–Crippen MR) is 151 cm³/mol. The van der Waals surface area contributed by atoms with Crippen LogP contribution in [0.3, 0.4) is 0 Å². The molecule has 0 saturated carbocycles. The van der Waals surface area contributed by atoms with Crippen molar-refractivity contribution in [1.82, 2.24) is 0 Å². The highest BCUT2D eigenvalue weighted by Crippen LogP contribution is 2.18. The highest BCUT2D eigenvalue weighted by Gasteiger charge is 2.22. The Morgan fingerprint density at radius 3 is 1.24 bits per heavy atom. The number of carbonyl (C=O) groups is 2. The Kier molecular flexibility index (Phi) is 15.0. The quantitative estimate of drug-likeness (QED) is 0.136. The van der Waals surface area contributed by atoms with Crippen LogP contribution in [0, 0.1) is 0 Å². The third kappa shape index (κ3) is 12.0. The standard InChI is InChI=1S/C32H46O6/c1-5-7-9-11-13-23-35-29-19-15-27(16-20-29)31(33)37-25(3)26(4)38-32(34)28-17-21-30(22-18-28)36-24-14-12-10-8-6-2/h15-22,25-26H,5-14,23-24H2,1-4H3. The summed E-state index contributed by atoms with van der Waals surface area (Å²) in [6.45, 7) is 9.16. The highest BCUT2D eigenvalue weighted by molar-refractivity contribution is 5.90. The van der Waals surface area contributed by atoms with E-state index in [1.165, 1.54) is 38.5 Å². The van der Waals surface area contributed by atoms with Crippen LogP contribution in [0.4, 0.5) is 0 Å². The number of esters is 2. The summed E-state index contributed by atoms with van der Waals surface area (Å²) in [4.78, 5) is 25.1. The molecule has 0 fully saturated rings. The van der Waals surface area contributed by atoms with Crippen molar-refractivity contribution in [2.45, 2.75) is 104 Å². The topological polar surface area (TPSA) is 71.1 Å². The summed E-state index contributed by atoms with van der Waals surface area (Å²) in [7, 11) is 0. The van der Waals surface area contributed by atoms with Gasteiger partial charge >= 0.3 is 11.9 Å². The van der Waals surface area contributed by atoms with Gasteiger partial charge in [-0.2, -0.15) is 0 Å². The van der Waals surface area contributed by atoms with E-state index in [1.54, 1.807) is 62.4 Å². The predicted octanol–water partition coefficient (Wildman–Crippen LogP) is 8.18. The van der Waals surface area contributed by atoms with Gasteiger partial charge in [-0.1, -0.05) is 65.2 Å². The van der Waals surface area contributed by atoms with Crippen LogP contribution in [0.15, 0.2) is 48.5 Å². The molecule has 2 aromatic rings. The molecule has 0 heterocycles. The van der Waals surface area contributed by atoms with Gasteiger partial charge in [-0.15, -0.1) is 0 Å². The van der Waals surface area contributed by atoms with Gasteiger partial charge in [0.2, 0.25) is 0 Å². The second-order valence-corrected chi connectivity index (χ2v) is 9.79. The molecule has 6 nitrogen and oxygen atoms in total. The van der Waals surface area contributed by atoms with Gasteiger partial charge in [-0.3, -0.25) is 0 Å². The Bertz CT molecular complexity index is 844. The summed E-state index contributed by atoms with van der Waals surface area (Å²) < 4.78 is 22.6. The van der Waals surface area contributed by atoms with Crippen molar-refractivity contribution in [3.63, 3.8) is 0 Å². The molecular weight excluding hydrogens is 480 g/mol. The monoisotopic (exact) mass is 526 g/mol. The van der Waals surface area contributed by atoms with Crippen molar-refractivity contribution in [2.24, 2.45) is 0 Å². The number of hydrogen-bond acceptors (Lipinski definition) is 6. The highest BCUT2D eigenvalue weighted by atomic mass is 16.6. The molecule has 0 saturated heterocycles. The van der Waals surface area contributed by atoms with Crippen LogP contribution in [0.1, 0.15) is 113 Å². The SMILES string of the molecule is CCCCCCCOc1ccc(C(=O)OC(C)C(C)OC(=O)c2ccc(OCCCCCCC)cc2)cc1. The third-order valence-electron chi connectivity index (χ3n) is 6.46. The summed E-state index contributed by atoms with van der Waals surface area (Å²) in [5.41, 5.74) is 0.846. The number of rotatable bonds is 19. The Morgan fingerprint density at radius 1 is 0.553 bits per heavy atom. The molecule has 6 heteroatoms. The normalized spacial score (nSPS) is 12.4. The molecule has 0 spiro atoms. The van der Waals surface area contributed by atoms with E-state index in [-0.39, 0.29) is 0 Å². The zero-order valence-corrected chi connectivity index (χ0v) is 23.7. The lowest BCUT2D eigenvalue weighted by atomic mass is 10.2. The van der Waals surface area contributed by atoms with E-state index in [0.717, 1.165) is 37.2 Å². The number of ether oxygens (including phenoxy) is 4. The Balaban J connectivity index is 1.72. The molecule has 0 aliphatic rings. The van der Waals surface area contributed by atoms with Crippen molar-refractivity contribution >= 4 is 11.9 Å². The van der Waals surface area contributed by atoms with Crippen LogP contribution in [0.25, 0.3) is 0 Å². The van der Waals surface area contributed by atoms with Gasteiger partial charge in [-0.05, 0) is 75.2 Å². The fraction of sp³-hybridized carbons (Fsp3) is 0.562. The van der Waals surface area contributed by atoms with Crippen molar-refractivity contribution in [1.29, 1.82) is 0 Å². The van der Waals surface area contributed by atoms with E-state index in [9.17, 15) is 9.59 Å². The summed E-state index contributed by atoms with van der Waals surface area (Å²) in [6.07, 6.45) is 10.6. The molecule has 2 atom stereocenters. The fourth-order valence-corrected chi connectivity index (χ4v) is 3.83. The first-order valence-electron chi connectivity index (χ1n) is 14.3. The van der Waals surface area contributed by atoms with E-state index in [1.807, 2.05) is 0 Å². The van der Waals surface area contributed by atoms with Crippen molar-refractivity contribution < 1.29 is 28.5 Å². The van der Waals surface area contributed by atoms with E-state index < -0.39 is 24.1 Å². The van der Waals surface area contributed by atoms with Gasteiger partial charge in [0.05, 0.1) is 24.3 Å². The average molecular weight is 527 g/mol. The molecule has 0 aliphatic carbocycles. The number of benzene rings is 2. The zero-order chi connectivity index (χ0) is 27.6. The Hall–Kier alpha value is -3.02. The second kappa shape index (κ2) is 18.3. The molecule has 0 aromatic heterocycles. The minimum atomic E-state index is -0.610. The van der Waals surface area contributed by atoms with Crippen molar-refractivity contribution in [3.05, 3.63) is 59.7 Å². The Morgan fingerprint density at radius 2 is 0.895 bits per heavy atom. The lowest BCUT2D eigenvalue weighted by Crippen LogP contribution is -2.30. The van der Waals surface area contributed by atoms with E-state index in [0.29, 0.717) is 24.3 Å². The van der Waals surface area contributed by atoms with Gasteiger partial charge < -0.3 is 18.9 Å². The minimum absolute atomic E-state index is 0.423. The first-order valence-corrected chi connectivity index (χ1v) is 14.3. The van der Waals surface area contributed by atoms with Gasteiger partial charge in [-0.25, -0.2) is 9.59 Å². The van der Waals surface area contributed by atoms with Crippen molar-refractivity contribution in [2.75, 3.05) is 13.2 Å². The number of unbranched alkanes of at least 4 members (excludes halogenated alkanes) is 8. The molecule has 2 unspecified atom stereocenters. The summed E-state index contributed by atoms with van der Waals surface area (Å²) in [5, 5.41) is 0. The molecule has 38 heavy (non-hydrogen) atoms.